The summed E-state index contributed by atoms with van der Waals surface area (Å²) < 4.78 is 6.19. The van der Waals surface area contributed by atoms with Gasteiger partial charge in [-0.05, 0) is 47.3 Å². The molecule has 2 N–H and O–H groups in total. The number of hydrogen-bond acceptors (Lipinski definition) is 4. The zero-order valence-electron chi connectivity index (χ0n) is 8.57. The maximum Gasteiger partial charge on any atom is 0.169 e. The first kappa shape index (κ1) is 10.5. The maximum absolute atomic E-state index is 6.23. The van der Waals surface area contributed by atoms with Crippen LogP contribution in [0.2, 0.25) is 0 Å². The van der Waals surface area contributed by atoms with Crippen LogP contribution in [0.5, 0.6) is 0 Å². The molecule has 3 nitrogen and oxygen atoms in total. The van der Waals surface area contributed by atoms with Crippen LogP contribution < -0.4 is 5.73 Å². The van der Waals surface area contributed by atoms with Gasteiger partial charge in [-0.15, -0.1) is 11.3 Å². The molecule has 0 amide bonds. The predicted octanol–water partition coefficient (Wildman–Crippen LogP) is 3.50. The van der Waals surface area contributed by atoms with E-state index < -0.39 is 0 Å². The highest BCUT2D eigenvalue weighted by Gasteiger charge is 2.37. The monoisotopic (exact) mass is 298 g/mol. The number of aromatic nitrogens is 1. The normalized spacial score (nSPS) is 18.4. The molecule has 2 aromatic heterocycles. The first-order valence-corrected chi connectivity index (χ1v) is 6.85. The number of halogens is 1. The van der Waals surface area contributed by atoms with Crippen LogP contribution in [-0.4, -0.2) is 4.98 Å². The van der Waals surface area contributed by atoms with Crippen LogP contribution in [0.1, 0.15) is 24.3 Å². The van der Waals surface area contributed by atoms with Crippen molar-refractivity contribution in [3.8, 4) is 11.5 Å². The highest BCUT2D eigenvalue weighted by molar-refractivity contribution is 9.10. The van der Waals surface area contributed by atoms with Gasteiger partial charge in [0.25, 0.3) is 0 Å². The Morgan fingerprint density at radius 1 is 1.44 bits per heavy atom. The summed E-state index contributed by atoms with van der Waals surface area (Å²) in [6.45, 7) is 0. The van der Waals surface area contributed by atoms with E-state index in [0.29, 0.717) is 0 Å². The second kappa shape index (κ2) is 3.68. The van der Waals surface area contributed by atoms with Gasteiger partial charge < -0.3 is 10.2 Å². The lowest BCUT2D eigenvalue weighted by Gasteiger charge is -2.35. The third-order valence-electron chi connectivity index (χ3n) is 3.00. The average molecular weight is 299 g/mol. The van der Waals surface area contributed by atoms with Gasteiger partial charge in [-0.25, -0.2) is 4.98 Å². The molecule has 1 saturated carbocycles. The van der Waals surface area contributed by atoms with Gasteiger partial charge in [0.2, 0.25) is 0 Å². The van der Waals surface area contributed by atoms with E-state index in [1.54, 1.807) is 11.3 Å². The minimum atomic E-state index is -0.174. The Kier molecular flexibility index (Phi) is 2.42. The fourth-order valence-corrected chi connectivity index (χ4v) is 3.13. The van der Waals surface area contributed by atoms with Gasteiger partial charge in [0.1, 0.15) is 10.7 Å². The van der Waals surface area contributed by atoms with Crippen molar-refractivity contribution in [3.05, 3.63) is 27.2 Å². The van der Waals surface area contributed by atoms with Crippen LogP contribution in [-0.2, 0) is 5.54 Å². The topological polar surface area (TPSA) is 52.0 Å². The van der Waals surface area contributed by atoms with Gasteiger partial charge in [-0.3, -0.25) is 0 Å². The highest BCUT2D eigenvalue weighted by Crippen LogP contribution is 2.41. The molecule has 1 fully saturated rings. The fourth-order valence-electron chi connectivity index (χ4n) is 1.84. The molecule has 0 aliphatic heterocycles. The minimum absolute atomic E-state index is 0.174. The van der Waals surface area contributed by atoms with Crippen molar-refractivity contribution in [2.24, 2.45) is 5.73 Å². The van der Waals surface area contributed by atoms with Crippen molar-refractivity contribution in [1.29, 1.82) is 0 Å². The zero-order chi connectivity index (χ0) is 11.2. The van der Waals surface area contributed by atoms with E-state index in [2.05, 4.69) is 20.9 Å². The number of rotatable bonds is 2. The number of nitrogens with zero attached hydrogens (tertiary/aromatic N) is 1. The average Bonchev–Trinajstić information content (AvgIpc) is 2.82. The number of thiazole rings is 1. The van der Waals surface area contributed by atoms with Gasteiger partial charge in [0.15, 0.2) is 10.4 Å². The molecule has 3 rings (SSSR count). The molecule has 0 aromatic carbocycles. The molecule has 5 heteroatoms. The van der Waals surface area contributed by atoms with E-state index in [-0.39, 0.29) is 5.54 Å². The van der Waals surface area contributed by atoms with E-state index in [1.807, 2.05) is 17.5 Å². The van der Waals surface area contributed by atoms with Crippen molar-refractivity contribution < 1.29 is 4.42 Å². The molecule has 1 aliphatic rings. The predicted molar refractivity (Wildman–Crippen MR) is 67.2 cm³/mol. The van der Waals surface area contributed by atoms with Crippen LogP contribution in [0, 0.1) is 0 Å². The van der Waals surface area contributed by atoms with E-state index >= 15 is 0 Å². The Bertz CT molecular complexity index is 516. The third kappa shape index (κ3) is 1.63. The SMILES string of the molecule is NC1(c2nc(-c3ccc(Br)o3)cs2)CCC1. The lowest BCUT2D eigenvalue weighted by atomic mass is 9.78. The molecular weight excluding hydrogens is 288 g/mol. The van der Waals surface area contributed by atoms with E-state index in [1.165, 1.54) is 6.42 Å². The molecule has 0 radical (unpaired) electrons. The summed E-state index contributed by atoms with van der Waals surface area (Å²) in [5.74, 6) is 0.789. The summed E-state index contributed by atoms with van der Waals surface area (Å²) in [6.07, 6.45) is 3.29. The molecule has 0 saturated heterocycles. The first-order valence-electron chi connectivity index (χ1n) is 5.18. The molecule has 0 bridgehead atoms. The maximum atomic E-state index is 6.23. The molecule has 84 valence electrons. The Labute approximate surface area is 106 Å². The minimum Gasteiger partial charge on any atom is -0.448 e. The van der Waals surface area contributed by atoms with Gasteiger partial charge in [0, 0.05) is 5.38 Å². The quantitative estimate of drug-likeness (QED) is 0.923. The Morgan fingerprint density at radius 3 is 2.81 bits per heavy atom. The lowest BCUT2D eigenvalue weighted by molar-refractivity contribution is 0.253. The Balaban J connectivity index is 1.93. The summed E-state index contributed by atoms with van der Waals surface area (Å²) in [5.41, 5.74) is 6.93. The Morgan fingerprint density at radius 2 is 2.25 bits per heavy atom. The van der Waals surface area contributed by atoms with Gasteiger partial charge >= 0.3 is 0 Å². The van der Waals surface area contributed by atoms with Crippen LogP contribution in [0.25, 0.3) is 11.5 Å². The molecule has 1 aliphatic carbocycles. The van der Waals surface area contributed by atoms with Crippen molar-refractivity contribution in [3.63, 3.8) is 0 Å². The fraction of sp³-hybridized carbons (Fsp3) is 0.364. The van der Waals surface area contributed by atoms with Crippen molar-refractivity contribution in [2.45, 2.75) is 24.8 Å². The third-order valence-corrected chi connectivity index (χ3v) is 4.49. The first-order chi connectivity index (χ1) is 7.67. The molecule has 2 aromatic rings. The van der Waals surface area contributed by atoms with Crippen LogP contribution in [0.15, 0.2) is 26.6 Å². The largest absolute Gasteiger partial charge is 0.448 e. The van der Waals surface area contributed by atoms with E-state index in [4.69, 9.17) is 10.2 Å². The number of furan rings is 1. The van der Waals surface area contributed by atoms with Crippen LogP contribution in [0.3, 0.4) is 0 Å². The van der Waals surface area contributed by atoms with Crippen LogP contribution in [0.4, 0.5) is 0 Å². The van der Waals surface area contributed by atoms with Crippen LogP contribution >= 0.6 is 27.3 Å². The van der Waals surface area contributed by atoms with E-state index in [9.17, 15) is 0 Å². The molecular formula is C11H11BrN2OS. The second-order valence-corrected chi connectivity index (χ2v) is 5.79. The van der Waals surface area contributed by atoms with Crippen molar-refractivity contribution >= 4 is 27.3 Å². The summed E-state index contributed by atoms with van der Waals surface area (Å²) >= 11 is 4.91. The van der Waals surface area contributed by atoms with Crippen molar-refractivity contribution in [1.82, 2.24) is 4.98 Å². The van der Waals surface area contributed by atoms with Crippen molar-refractivity contribution in [2.75, 3.05) is 0 Å². The number of hydrogen-bond donors (Lipinski definition) is 1. The smallest absolute Gasteiger partial charge is 0.169 e. The molecule has 0 atom stereocenters. The van der Waals surface area contributed by atoms with E-state index in [0.717, 1.165) is 34.0 Å². The molecule has 0 unspecified atom stereocenters. The summed E-state index contributed by atoms with van der Waals surface area (Å²) in [4.78, 5) is 4.57. The van der Waals surface area contributed by atoms with Gasteiger partial charge in [0.05, 0.1) is 5.54 Å². The summed E-state index contributed by atoms with van der Waals surface area (Å²) in [7, 11) is 0. The Hall–Kier alpha value is -0.650. The summed E-state index contributed by atoms with van der Waals surface area (Å²) in [5, 5.41) is 3.04. The second-order valence-electron chi connectivity index (χ2n) is 4.15. The molecule has 2 heterocycles. The van der Waals surface area contributed by atoms with Gasteiger partial charge in [-0.1, -0.05) is 0 Å². The van der Waals surface area contributed by atoms with Gasteiger partial charge in [-0.2, -0.15) is 0 Å². The standard InChI is InChI=1S/C11H11BrN2OS/c12-9-3-2-8(15-9)7-6-16-10(14-7)11(13)4-1-5-11/h2-3,6H,1,4-5,13H2. The molecule has 16 heavy (non-hydrogen) atoms. The number of nitrogens with two attached hydrogens (primary N) is 1. The lowest BCUT2D eigenvalue weighted by Crippen LogP contribution is -2.43. The zero-order valence-corrected chi connectivity index (χ0v) is 11.0. The molecule has 0 spiro atoms. The highest BCUT2D eigenvalue weighted by atomic mass is 79.9. The summed E-state index contributed by atoms with van der Waals surface area (Å²) in [6, 6.07) is 3.78.